The third-order valence-electron chi connectivity index (χ3n) is 4.01. The van der Waals surface area contributed by atoms with Crippen molar-refractivity contribution in [3.8, 4) is 22.6 Å². The largest absolute Gasteiger partial charge is 0.508 e. The van der Waals surface area contributed by atoms with E-state index in [0.717, 1.165) is 16.7 Å². The molecule has 3 aromatic rings. The summed E-state index contributed by atoms with van der Waals surface area (Å²) in [4.78, 5) is 0. The van der Waals surface area contributed by atoms with Crippen LogP contribution in [0.1, 0.15) is 22.3 Å². The highest BCUT2D eigenvalue weighted by Crippen LogP contribution is 2.27. The van der Waals surface area contributed by atoms with Crippen molar-refractivity contribution < 1.29 is 10.2 Å². The maximum Gasteiger partial charge on any atom is 0.118 e. The molecule has 0 aromatic heterocycles. The van der Waals surface area contributed by atoms with Gasteiger partial charge in [-0.05, 0) is 73.7 Å². The van der Waals surface area contributed by atoms with Gasteiger partial charge < -0.3 is 10.2 Å². The summed E-state index contributed by atoms with van der Waals surface area (Å²) in [7, 11) is 0. The first-order valence-corrected chi connectivity index (χ1v) is 8.00. The molecule has 0 aliphatic carbocycles. The van der Waals surface area contributed by atoms with Crippen molar-refractivity contribution in [3.63, 3.8) is 0 Å². The summed E-state index contributed by atoms with van der Waals surface area (Å²) in [5.41, 5.74) is 6.67. The minimum atomic E-state index is 0.354. The first-order chi connectivity index (χ1) is 11.4. The normalized spacial score (nSPS) is 10.0. The quantitative estimate of drug-likeness (QED) is 0.605. The Morgan fingerprint density at radius 2 is 1.17 bits per heavy atom. The van der Waals surface area contributed by atoms with E-state index in [2.05, 4.69) is 19.1 Å². The van der Waals surface area contributed by atoms with Crippen LogP contribution in [0.3, 0.4) is 0 Å². The predicted molar refractivity (Wildman–Crippen MR) is 101 cm³/mol. The van der Waals surface area contributed by atoms with Crippen molar-refractivity contribution >= 4 is 0 Å². The molecule has 3 aromatic carbocycles. The number of hydrogen-bond acceptors (Lipinski definition) is 2. The van der Waals surface area contributed by atoms with Crippen LogP contribution in [0.25, 0.3) is 11.1 Å². The molecule has 0 spiro atoms. The Kier molecular flexibility index (Phi) is 5.64. The fourth-order valence-electron chi connectivity index (χ4n) is 2.53. The van der Waals surface area contributed by atoms with Crippen LogP contribution in [0.2, 0.25) is 0 Å². The highest BCUT2D eigenvalue weighted by Gasteiger charge is 2.02. The Balaban J connectivity index is 0.000000198. The molecule has 0 atom stereocenters. The van der Waals surface area contributed by atoms with Crippen molar-refractivity contribution in [3.05, 3.63) is 82.9 Å². The van der Waals surface area contributed by atoms with Gasteiger partial charge >= 0.3 is 0 Å². The molecular formula is C22H24O2. The zero-order valence-electron chi connectivity index (χ0n) is 14.7. The number of rotatable bonds is 1. The summed E-state index contributed by atoms with van der Waals surface area (Å²) in [5.74, 6) is 0.730. The zero-order chi connectivity index (χ0) is 17.7. The number of benzene rings is 3. The van der Waals surface area contributed by atoms with Gasteiger partial charge in [-0.2, -0.15) is 0 Å². The fraction of sp³-hybridized carbons (Fsp3) is 0.182. The first-order valence-electron chi connectivity index (χ1n) is 8.00. The second-order valence-electron chi connectivity index (χ2n) is 6.11. The Labute approximate surface area is 144 Å². The maximum atomic E-state index is 9.46. The maximum absolute atomic E-state index is 9.46. The fourth-order valence-corrected chi connectivity index (χ4v) is 2.53. The van der Waals surface area contributed by atoms with E-state index in [4.69, 9.17) is 5.11 Å². The molecule has 0 unspecified atom stereocenters. The molecule has 0 saturated heterocycles. The van der Waals surface area contributed by atoms with Crippen molar-refractivity contribution in [2.75, 3.05) is 0 Å². The third kappa shape index (κ3) is 4.39. The smallest absolute Gasteiger partial charge is 0.118 e. The van der Waals surface area contributed by atoms with Crippen molar-refractivity contribution in [1.82, 2.24) is 0 Å². The molecule has 0 bridgehead atoms. The van der Waals surface area contributed by atoms with Gasteiger partial charge in [0.15, 0.2) is 0 Å². The molecule has 124 valence electrons. The van der Waals surface area contributed by atoms with E-state index in [1.165, 1.54) is 16.7 Å². The van der Waals surface area contributed by atoms with Crippen LogP contribution in [-0.2, 0) is 0 Å². The number of aromatic hydroxyl groups is 2. The molecule has 0 saturated carbocycles. The molecule has 2 heteroatoms. The van der Waals surface area contributed by atoms with Crippen LogP contribution in [-0.4, -0.2) is 10.2 Å². The molecular weight excluding hydrogens is 296 g/mol. The van der Waals surface area contributed by atoms with Gasteiger partial charge in [-0.3, -0.25) is 0 Å². The highest BCUT2D eigenvalue weighted by atomic mass is 16.3. The molecule has 2 N–H and O–H groups in total. The number of phenols is 2. The van der Waals surface area contributed by atoms with Crippen LogP contribution < -0.4 is 0 Å². The summed E-state index contributed by atoms with van der Waals surface area (Å²) in [6, 6.07) is 19.5. The van der Waals surface area contributed by atoms with Crippen molar-refractivity contribution in [2.45, 2.75) is 27.7 Å². The van der Waals surface area contributed by atoms with Crippen LogP contribution in [0, 0.1) is 27.7 Å². The lowest BCUT2D eigenvalue weighted by atomic mass is 9.99. The van der Waals surface area contributed by atoms with E-state index < -0.39 is 0 Å². The van der Waals surface area contributed by atoms with E-state index in [1.807, 2.05) is 57.2 Å². The first kappa shape index (κ1) is 17.6. The summed E-state index contributed by atoms with van der Waals surface area (Å²) < 4.78 is 0. The SMILES string of the molecule is Cc1cc(-c2ccccc2C)ccc1O.Cc1ccc(O)c(C)c1. The van der Waals surface area contributed by atoms with Gasteiger partial charge in [0, 0.05) is 0 Å². The second-order valence-corrected chi connectivity index (χ2v) is 6.11. The summed E-state index contributed by atoms with van der Waals surface area (Å²) in [5, 5.41) is 18.5. The predicted octanol–water partition coefficient (Wildman–Crippen LogP) is 5.69. The molecule has 0 fully saturated rings. The van der Waals surface area contributed by atoms with Gasteiger partial charge in [0.2, 0.25) is 0 Å². The van der Waals surface area contributed by atoms with Gasteiger partial charge in [-0.15, -0.1) is 0 Å². The highest BCUT2D eigenvalue weighted by molar-refractivity contribution is 5.68. The lowest BCUT2D eigenvalue weighted by Gasteiger charge is -2.07. The van der Waals surface area contributed by atoms with Crippen LogP contribution in [0.15, 0.2) is 60.7 Å². The Hall–Kier alpha value is -2.74. The number of hydrogen-bond donors (Lipinski definition) is 2. The number of phenolic OH excluding ortho intramolecular Hbond substituents is 2. The van der Waals surface area contributed by atoms with Gasteiger partial charge in [0.25, 0.3) is 0 Å². The summed E-state index contributed by atoms with van der Waals surface area (Å²) >= 11 is 0. The average Bonchev–Trinajstić information content (AvgIpc) is 2.55. The standard InChI is InChI=1S/C14H14O.C8H10O/c1-10-5-3-4-6-13(10)12-7-8-14(15)11(2)9-12;1-6-3-4-8(9)7(2)5-6/h3-9,15H,1-2H3;3-5,9H,1-2H3. The second kappa shape index (κ2) is 7.69. The molecule has 0 aliphatic rings. The Morgan fingerprint density at radius 1 is 0.583 bits per heavy atom. The molecule has 0 amide bonds. The minimum absolute atomic E-state index is 0.354. The van der Waals surface area contributed by atoms with E-state index in [1.54, 1.807) is 12.1 Å². The van der Waals surface area contributed by atoms with Crippen molar-refractivity contribution in [1.29, 1.82) is 0 Å². The molecule has 0 aliphatic heterocycles. The Bertz CT molecular complexity index is 835. The summed E-state index contributed by atoms with van der Waals surface area (Å²) in [6.45, 7) is 7.91. The van der Waals surface area contributed by atoms with Gasteiger partial charge in [-0.25, -0.2) is 0 Å². The molecule has 2 nitrogen and oxygen atoms in total. The topological polar surface area (TPSA) is 40.5 Å². The van der Waals surface area contributed by atoms with Crippen LogP contribution >= 0.6 is 0 Å². The monoisotopic (exact) mass is 320 g/mol. The van der Waals surface area contributed by atoms with E-state index in [9.17, 15) is 5.11 Å². The molecule has 0 radical (unpaired) electrons. The van der Waals surface area contributed by atoms with Gasteiger partial charge in [-0.1, -0.05) is 48.0 Å². The molecule has 3 rings (SSSR count). The van der Waals surface area contributed by atoms with Crippen molar-refractivity contribution in [2.24, 2.45) is 0 Å². The van der Waals surface area contributed by atoms with E-state index in [-0.39, 0.29) is 0 Å². The van der Waals surface area contributed by atoms with Gasteiger partial charge in [0.05, 0.1) is 0 Å². The average molecular weight is 320 g/mol. The van der Waals surface area contributed by atoms with E-state index >= 15 is 0 Å². The van der Waals surface area contributed by atoms with Crippen LogP contribution in [0.5, 0.6) is 11.5 Å². The lowest BCUT2D eigenvalue weighted by Crippen LogP contribution is -1.83. The molecule has 0 heterocycles. The minimum Gasteiger partial charge on any atom is -0.508 e. The third-order valence-corrected chi connectivity index (χ3v) is 4.01. The molecule has 24 heavy (non-hydrogen) atoms. The zero-order valence-corrected chi connectivity index (χ0v) is 14.7. The Morgan fingerprint density at radius 3 is 1.71 bits per heavy atom. The number of aryl methyl sites for hydroxylation is 4. The van der Waals surface area contributed by atoms with E-state index in [0.29, 0.717) is 11.5 Å². The summed E-state index contributed by atoms with van der Waals surface area (Å²) in [6.07, 6.45) is 0. The van der Waals surface area contributed by atoms with Crippen LogP contribution in [0.4, 0.5) is 0 Å². The lowest BCUT2D eigenvalue weighted by molar-refractivity contribution is 0.470. The van der Waals surface area contributed by atoms with Gasteiger partial charge in [0.1, 0.15) is 11.5 Å².